The van der Waals surface area contributed by atoms with Crippen molar-refractivity contribution in [3.8, 4) is 17.2 Å². The van der Waals surface area contributed by atoms with Gasteiger partial charge in [-0.15, -0.1) is 0 Å². The van der Waals surface area contributed by atoms with Crippen molar-refractivity contribution in [1.82, 2.24) is 10.4 Å². The van der Waals surface area contributed by atoms with Crippen molar-refractivity contribution in [2.24, 2.45) is 0 Å². The Kier molecular flexibility index (Phi) is 5.86. The normalized spacial score (nSPS) is 15.1. The van der Waals surface area contributed by atoms with Crippen molar-refractivity contribution in [3.05, 3.63) is 58.5 Å². The lowest BCUT2D eigenvalue weighted by molar-refractivity contribution is -0.123. The zero-order chi connectivity index (χ0) is 20.3. The standard InChI is InChI=1S/C19H16N2O5S2/c1-25-14-7-8-15(26-2)12(9-14)10-16-18(24)21(19(27)28-16)20-17(23)11-3-5-13(22)6-4-11/h3-10,22H,1-2H3,(H,20,23)/b16-10-. The van der Waals surface area contributed by atoms with E-state index in [9.17, 15) is 14.7 Å². The summed E-state index contributed by atoms with van der Waals surface area (Å²) in [6, 6.07) is 10.9. The first-order valence-corrected chi connectivity index (χ1v) is 9.25. The van der Waals surface area contributed by atoms with E-state index in [4.69, 9.17) is 21.7 Å². The van der Waals surface area contributed by atoms with Crippen LogP contribution in [-0.4, -0.2) is 40.5 Å². The molecule has 2 amide bonds. The number of hydrazine groups is 1. The molecular weight excluding hydrogens is 400 g/mol. The lowest BCUT2D eigenvalue weighted by Gasteiger charge is -2.15. The summed E-state index contributed by atoms with van der Waals surface area (Å²) >= 11 is 6.29. The second-order valence-electron chi connectivity index (χ2n) is 5.61. The molecule has 0 unspecified atom stereocenters. The first-order valence-electron chi connectivity index (χ1n) is 8.03. The Morgan fingerprint density at radius 1 is 1.18 bits per heavy atom. The van der Waals surface area contributed by atoms with Crippen LogP contribution in [0.5, 0.6) is 17.2 Å². The molecule has 0 bridgehead atoms. The van der Waals surface area contributed by atoms with Crippen molar-refractivity contribution in [3.63, 3.8) is 0 Å². The third-order valence-corrected chi connectivity index (χ3v) is 5.16. The molecule has 7 nitrogen and oxygen atoms in total. The number of thiocarbonyl (C=S) groups is 1. The number of methoxy groups -OCH3 is 2. The van der Waals surface area contributed by atoms with Crippen molar-refractivity contribution >= 4 is 46.2 Å². The third-order valence-electron chi connectivity index (χ3n) is 3.86. The molecule has 0 spiro atoms. The zero-order valence-electron chi connectivity index (χ0n) is 15.0. The van der Waals surface area contributed by atoms with E-state index in [0.717, 1.165) is 16.8 Å². The van der Waals surface area contributed by atoms with Gasteiger partial charge in [0.15, 0.2) is 4.32 Å². The third kappa shape index (κ3) is 4.10. The Labute approximate surface area is 170 Å². The summed E-state index contributed by atoms with van der Waals surface area (Å²) in [7, 11) is 3.08. The summed E-state index contributed by atoms with van der Waals surface area (Å²) in [4.78, 5) is 25.4. The van der Waals surface area contributed by atoms with Crippen LogP contribution in [0.2, 0.25) is 0 Å². The highest BCUT2D eigenvalue weighted by molar-refractivity contribution is 8.26. The fraction of sp³-hybridized carbons (Fsp3) is 0.105. The summed E-state index contributed by atoms with van der Waals surface area (Å²) in [6.07, 6.45) is 1.63. The SMILES string of the molecule is COc1ccc(OC)c(/C=C2\SC(=S)N(NC(=O)c3ccc(O)cc3)C2=O)c1. The molecule has 0 radical (unpaired) electrons. The van der Waals surface area contributed by atoms with E-state index < -0.39 is 11.8 Å². The Hall–Kier alpha value is -3.04. The lowest BCUT2D eigenvalue weighted by Crippen LogP contribution is -2.44. The predicted octanol–water partition coefficient (Wildman–Crippen LogP) is 2.96. The van der Waals surface area contributed by atoms with Gasteiger partial charge in [0.1, 0.15) is 17.2 Å². The molecule has 0 aromatic heterocycles. The van der Waals surface area contributed by atoms with E-state index in [1.165, 1.54) is 31.4 Å². The maximum atomic E-state index is 12.7. The number of hydrogen-bond donors (Lipinski definition) is 2. The number of carbonyl (C=O) groups is 2. The molecule has 144 valence electrons. The predicted molar refractivity (Wildman–Crippen MR) is 110 cm³/mol. The molecule has 3 rings (SSSR count). The number of nitrogens with zero attached hydrogens (tertiary/aromatic N) is 1. The molecule has 0 atom stereocenters. The van der Waals surface area contributed by atoms with Gasteiger partial charge in [-0.3, -0.25) is 15.0 Å². The number of phenols is 1. The maximum Gasteiger partial charge on any atom is 0.285 e. The average molecular weight is 416 g/mol. The molecule has 0 saturated carbocycles. The van der Waals surface area contributed by atoms with Crippen LogP contribution in [0.4, 0.5) is 0 Å². The maximum absolute atomic E-state index is 12.7. The molecule has 2 aromatic rings. The van der Waals surface area contributed by atoms with Crippen molar-refractivity contribution in [2.75, 3.05) is 14.2 Å². The first kappa shape index (κ1) is 19.7. The van der Waals surface area contributed by atoms with E-state index in [-0.39, 0.29) is 15.6 Å². The molecular formula is C19H16N2O5S2. The number of aromatic hydroxyl groups is 1. The smallest absolute Gasteiger partial charge is 0.285 e. The Balaban J connectivity index is 1.82. The number of nitrogens with one attached hydrogen (secondary N) is 1. The Morgan fingerprint density at radius 3 is 2.54 bits per heavy atom. The van der Waals surface area contributed by atoms with Gasteiger partial charge in [-0.25, -0.2) is 0 Å². The number of benzene rings is 2. The van der Waals surface area contributed by atoms with Crippen LogP contribution in [0.25, 0.3) is 6.08 Å². The quantitative estimate of drug-likeness (QED) is 0.572. The summed E-state index contributed by atoms with van der Waals surface area (Å²) in [5.74, 6) is 0.253. The van der Waals surface area contributed by atoms with Gasteiger partial charge in [-0.2, -0.15) is 5.01 Å². The highest BCUT2D eigenvalue weighted by Gasteiger charge is 2.34. The van der Waals surface area contributed by atoms with Crippen LogP contribution in [0.3, 0.4) is 0 Å². The lowest BCUT2D eigenvalue weighted by atomic mass is 10.1. The largest absolute Gasteiger partial charge is 0.508 e. The number of hydrogen-bond acceptors (Lipinski definition) is 7. The topological polar surface area (TPSA) is 88.1 Å². The summed E-state index contributed by atoms with van der Waals surface area (Å²) in [5, 5.41) is 10.3. The minimum atomic E-state index is -0.517. The van der Waals surface area contributed by atoms with Crippen molar-refractivity contribution in [2.45, 2.75) is 0 Å². The fourth-order valence-electron chi connectivity index (χ4n) is 2.44. The van der Waals surface area contributed by atoms with Gasteiger partial charge in [0, 0.05) is 11.1 Å². The molecule has 1 aliphatic heterocycles. The van der Waals surface area contributed by atoms with Crippen LogP contribution in [0, 0.1) is 0 Å². The van der Waals surface area contributed by atoms with Crippen LogP contribution in [0.1, 0.15) is 15.9 Å². The van der Waals surface area contributed by atoms with Gasteiger partial charge in [0.2, 0.25) is 0 Å². The van der Waals surface area contributed by atoms with Gasteiger partial charge in [-0.05, 0) is 60.8 Å². The minimum absolute atomic E-state index is 0.0392. The summed E-state index contributed by atoms with van der Waals surface area (Å²) < 4.78 is 10.7. The van der Waals surface area contributed by atoms with Gasteiger partial charge in [0.05, 0.1) is 19.1 Å². The van der Waals surface area contributed by atoms with Gasteiger partial charge in [-0.1, -0.05) is 11.8 Å². The van der Waals surface area contributed by atoms with Gasteiger partial charge < -0.3 is 14.6 Å². The number of phenolic OH excluding ortho intramolecular Hbond substituents is 1. The second kappa shape index (κ2) is 8.32. The number of amides is 2. The first-order chi connectivity index (χ1) is 13.4. The van der Waals surface area contributed by atoms with Crippen LogP contribution < -0.4 is 14.9 Å². The van der Waals surface area contributed by atoms with Crippen molar-refractivity contribution < 1.29 is 24.2 Å². The zero-order valence-corrected chi connectivity index (χ0v) is 16.6. The van der Waals surface area contributed by atoms with Crippen molar-refractivity contribution in [1.29, 1.82) is 0 Å². The molecule has 1 fully saturated rings. The highest BCUT2D eigenvalue weighted by atomic mass is 32.2. The van der Waals surface area contributed by atoms with E-state index in [1.54, 1.807) is 31.4 Å². The number of carbonyl (C=O) groups excluding carboxylic acids is 2. The molecule has 1 aliphatic rings. The van der Waals surface area contributed by atoms with E-state index in [0.29, 0.717) is 22.0 Å². The molecule has 1 heterocycles. The minimum Gasteiger partial charge on any atom is -0.508 e. The van der Waals surface area contributed by atoms with Crippen LogP contribution in [-0.2, 0) is 4.79 Å². The van der Waals surface area contributed by atoms with E-state index in [1.807, 2.05) is 0 Å². The Bertz CT molecular complexity index is 973. The highest BCUT2D eigenvalue weighted by Crippen LogP contribution is 2.34. The molecule has 2 aromatic carbocycles. The molecule has 0 aliphatic carbocycles. The van der Waals surface area contributed by atoms with Gasteiger partial charge in [0.25, 0.3) is 11.8 Å². The fourth-order valence-corrected chi connectivity index (χ4v) is 3.61. The van der Waals surface area contributed by atoms with E-state index in [2.05, 4.69) is 5.43 Å². The average Bonchev–Trinajstić information content (AvgIpc) is 2.95. The molecule has 2 N–H and O–H groups in total. The Morgan fingerprint density at radius 2 is 1.89 bits per heavy atom. The van der Waals surface area contributed by atoms with Crippen LogP contribution >= 0.6 is 24.0 Å². The summed E-state index contributed by atoms with van der Waals surface area (Å²) in [6.45, 7) is 0. The van der Waals surface area contributed by atoms with Gasteiger partial charge >= 0.3 is 0 Å². The monoisotopic (exact) mass is 416 g/mol. The molecule has 1 saturated heterocycles. The number of thioether (sulfide) groups is 1. The van der Waals surface area contributed by atoms with E-state index >= 15 is 0 Å². The molecule has 9 heteroatoms. The number of ether oxygens (including phenoxy) is 2. The number of rotatable bonds is 5. The summed E-state index contributed by atoms with van der Waals surface area (Å²) in [5.41, 5.74) is 3.41. The second-order valence-corrected chi connectivity index (χ2v) is 7.29. The molecule has 28 heavy (non-hydrogen) atoms. The van der Waals surface area contributed by atoms with Crippen LogP contribution in [0.15, 0.2) is 47.4 Å².